The number of hydrogen-bond donors (Lipinski definition) is 1. The number of benzene rings is 1. The van der Waals surface area contributed by atoms with E-state index >= 15 is 0 Å². The van der Waals surface area contributed by atoms with Crippen LogP contribution >= 0.6 is 0 Å². The second-order valence-electron chi connectivity index (χ2n) is 9.21. The van der Waals surface area contributed by atoms with Gasteiger partial charge in [-0.15, -0.1) is 0 Å². The lowest BCUT2D eigenvalue weighted by Crippen LogP contribution is -2.41. The highest BCUT2D eigenvalue weighted by Crippen LogP contribution is 2.48. The molecule has 2 aromatic heterocycles. The Hall–Kier alpha value is -2.89. The van der Waals surface area contributed by atoms with Crippen LogP contribution < -0.4 is 4.90 Å². The van der Waals surface area contributed by atoms with E-state index in [2.05, 4.69) is 62.2 Å². The van der Waals surface area contributed by atoms with Crippen molar-refractivity contribution in [1.29, 1.82) is 0 Å². The minimum atomic E-state index is 0.177. The lowest BCUT2D eigenvalue weighted by Gasteiger charge is -2.36. The highest BCUT2D eigenvalue weighted by Gasteiger charge is 2.50. The molecule has 0 radical (unpaired) electrons. The molecule has 1 aliphatic carbocycles. The first-order valence-electron chi connectivity index (χ1n) is 11.1. The number of pyridine rings is 1. The lowest BCUT2D eigenvalue weighted by atomic mass is 9.83. The summed E-state index contributed by atoms with van der Waals surface area (Å²) in [7, 11) is 0. The molecule has 6 rings (SSSR count). The predicted octanol–water partition coefficient (Wildman–Crippen LogP) is 3.70. The fourth-order valence-corrected chi connectivity index (χ4v) is 5.79. The number of anilines is 1. The van der Waals surface area contributed by atoms with E-state index < -0.39 is 0 Å². The Morgan fingerprint density at radius 3 is 2.80 bits per heavy atom. The number of nitrogens with zero attached hydrogens (tertiary/aromatic N) is 4. The molecule has 30 heavy (non-hydrogen) atoms. The van der Waals surface area contributed by atoms with Gasteiger partial charge in [-0.05, 0) is 37.0 Å². The third-order valence-corrected chi connectivity index (χ3v) is 7.58. The van der Waals surface area contributed by atoms with Crippen LogP contribution in [0.1, 0.15) is 36.4 Å². The molecule has 0 spiro atoms. The number of amides is 1. The van der Waals surface area contributed by atoms with Gasteiger partial charge in [-0.2, -0.15) is 5.10 Å². The molecule has 4 heterocycles. The molecule has 3 aliphatic rings. The summed E-state index contributed by atoms with van der Waals surface area (Å²) in [5.41, 5.74) is 4.64. The summed E-state index contributed by atoms with van der Waals surface area (Å²) < 4.78 is 0. The molecular formula is C24H27N5O. The van der Waals surface area contributed by atoms with Crippen molar-refractivity contribution in [1.82, 2.24) is 20.1 Å². The molecule has 3 fully saturated rings. The summed E-state index contributed by atoms with van der Waals surface area (Å²) in [6.45, 7) is 4.99. The molecule has 0 bridgehead atoms. The molecule has 6 heteroatoms. The minimum absolute atomic E-state index is 0.177. The second-order valence-corrected chi connectivity index (χ2v) is 9.21. The first-order chi connectivity index (χ1) is 14.7. The predicted molar refractivity (Wildman–Crippen MR) is 116 cm³/mol. The van der Waals surface area contributed by atoms with Gasteiger partial charge in [0, 0.05) is 43.6 Å². The average Bonchev–Trinajstić information content (AvgIpc) is 3.41. The third-order valence-electron chi connectivity index (χ3n) is 7.58. The van der Waals surface area contributed by atoms with Crippen LogP contribution in [0.3, 0.4) is 0 Å². The minimum Gasteiger partial charge on any atom is -0.370 e. The highest BCUT2D eigenvalue weighted by atomic mass is 16.2. The summed E-state index contributed by atoms with van der Waals surface area (Å²) in [4.78, 5) is 22.4. The van der Waals surface area contributed by atoms with E-state index in [1.807, 2.05) is 12.4 Å². The van der Waals surface area contributed by atoms with Gasteiger partial charge in [0.1, 0.15) is 0 Å². The quantitative estimate of drug-likeness (QED) is 0.727. The van der Waals surface area contributed by atoms with Crippen LogP contribution in [0, 0.1) is 24.7 Å². The van der Waals surface area contributed by atoms with Crippen LogP contribution in [-0.4, -0.2) is 45.6 Å². The Morgan fingerprint density at radius 1 is 1.13 bits per heavy atom. The fraction of sp³-hybridized carbons (Fsp3) is 0.458. The van der Waals surface area contributed by atoms with Gasteiger partial charge in [0.25, 0.3) is 0 Å². The number of aryl methyl sites for hydroxylation is 1. The number of nitrogens with one attached hydrogen (secondary N) is 1. The zero-order valence-corrected chi connectivity index (χ0v) is 17.3. The van der Waals surface area contributed by atoms with E-state index in [0.717, 1.165) is 43.5 Å². The number of aromatic nitrogens is 3. The molecule has 154 valence electrons. The van der Waals surface area contributed by atoms with Gasteiger partial charge in [0.15, 0.2) is 5.65 Å². The Balaban J connectivity index is 1.35. The summed E-state index contributed by atoms with van der Waals surface area (Å²) in [6, 6.07) is 10.9. The van der Waals surface area contributed by atoms with Crippen molar-refractivity contribution in [3.63, 3.8) is 0 Å². The van der Waals surface area contributed by atoms with E-state index in [-0.39, 0.29) is 12.0 Å². The Bertz CT molecular complexity index is 1100. The zero-order valence-electron chi connectivity index (χ0n) is 17.3. The number of fused-ring (bicyclic) bond motifs is 2. The van der Waals surface area contributed by atoms with Crippen LogP contribution in [0.4, 0.5) is 5.69 Å². The maximum atomic E-state index is 13.3. The van der Waals surface area contributed by atoms with Crippen molar-refractivity contribution >= 4 is 22.6 Å². The third kappa shape index (κ3) is 2.66. The Kier molecular flexibility index (Phi) is 4.08. The summed E-state index contributed by atoms with van der Waals surface area (Å²) in [5.74, 6) is 1.58. The van der Waals surface area contributed by atoms with Crippen molar-refractivity contribution in [3.8, 4) is 0 Å². The summed E-state index contributed by atoms with van der Waals surface area (Å²) >= 11 is 0. The number of aromatic amines is 1. The molecule has 3 atom stereocenters. The van der Waals surface area contributed by atoms with Crippen molar-refractivity contribution < 1.29 is 4.79 Å². The number of carbonyl (C=O) groups is 1. The molecule has 6 nitrogen and oxygen atoms in total. The Labute approximate surface area is 176 Å². The first-order valence-corrected chi connectivity index (χ1v) is 11.1. The second kappa shape index (κ2) is 6.83. The van der Waals surface area contributed by atoms with E-state index in [1.54, 1.807) is 0 Å². The standard InChI is InChI=1S/C24H27N5O/c1-15-5-2-3-8-18(15)22-20-14-28(21-9-10-25-23-19(21)11-26-27-23)12-17(20)13-29(22)24(30)16-6-4-7-16/h2-3,5,8-11,16-17,20,22H,4,6-7,12-14H2,1H3,(H,25,26,27)/t17-,20-,22+/m0/s1. The Morgan fingerprint density at radius 2 is 2.00 bits per heavy atom. The molecule has 1 saturated carbocycles. The van der Waals surface area contributed by atoms with Crippen LogP contribution in [0.25, 0.3) is 11.0 Å². The van der Waals surface area contributed by atoms with Crippen molar-refractivity contribution in [2.45, 2.75) is 32.2 Å². The van der Waals surface area contributed by atoms with Gasteiger partial charge in [0.05, 0.1) is 23.3 Å². The number of hydrogen-bond acceptors (Lipinski definition) is 4. The molecule has 1 N–H and O–H groups in total. The van der Waals surface area contributed by atoms with Gasteiger partial charge in [-0.1, -0.05) is 30.7 Å². The fourth-order valence-electron chi connectivity index (χ4n) is 5.79. The monoisotopic (exact) mass is 401 g/mol. The van der Waals surface area contributed by atoms with Crippen LogP contribution in [-0.2, 0) is 4.79 Å². The molecule has 2 aliphatic heterocycles. The highest BCUT2D eigenvalue weighted by molar-refractivity contribution is 5.89. The largest absolute Gasteiger partial charge is 0.370 e. The van der Waals surface area contributed by atoms with Crippen molar-refractivity contribution in [2.24, 2.45) is 17.8 Å². The van der Waals surface area contributed by atoms with Crippen LogP contribution in [0.5, 0.6) is 0 Å². The van der Waals surface area contributed by atoms with E-state index in [9.17, 15) is 4.79 Å². The summed E-state index contributed by atoms with van der Waals surface area (Å²) in [5, 5.41) is 8.24. The lowest BCUT2D eigenvalue weighted by molar-refractivity contribution is -0.139. The molecule has 2 saturated heterocycles. The topological polar surface area (TPSA) is 65.1 Å². The van der Waals surface area contributed by atoms with Gasteiger partial charge >= 0.3 is 0 Å². The normalized spacial score (nSPS) is 26.2. The van der Waals surface area contributed by atoms with Crippen molar-refractivity contribution in [2.75, 3.05) is 24.5 Å². The first kappa shape index (κ1) is 17.9. The molecular weight excluding hydrogens is 374 g/mol. The number of carbonyl (C=O) groups excluding carboxylic acids is 1. The maximum Gasteiger partial charge on any atom is 0.226 e. The average molecular weight is 402 g/mol. The number of H-pyrrole nitrogens is 1. The van der Waals surface area contributed by atoms with Crippen LogP contribution in [0.15, 0.2) is 42.7 Å². The van der Waals surface area contributed by atoms with Gasteiger partial charge < -0.3 is 9.80 Å². The van der Waals surface area contributed by atoms with E-state index in [0.29, 0.717) is 17.7 Å². The molecule has 1 amide bonds. The smallest absolute Gasteiger partial charge is 0.226 e. The molecule has 0 unspecified atom stereocenters. The molecule has 1 aromatic carbocycles. The van der Waals surface area contributed by atoms with Gasteiger partial charge in [-0.25, -0.2) is 4.98 Å². The SMILES string of the molecule is Cc1ccccc1[C@@H]1[C@H]2CN(c3ccnc4[nH]ncc34)C[C@H]2CN1C(=O)C1CCC1. The van der Waals surface area contributed by atoms with E-state index in [1.165, 1.54) is 23.2 Å². The molecule has 3 aromatic rings. The number of rotatable bonds is 3. The summed E-state index contributed by atoms with van der Waals surface area (Å²) in [6.07, 6.45) is 7.05. The zero-order chi connectivity index (χ0) is 20.2. The van der Waals surface area contributed by atoms with Crippen molar-refractivity contribution in [3.05, 3.63) is 53.9 Å². The maximum absolute atomic E-state index is 13.3. The van der Waals surface area contributed by atoms with Gasteiger partial charge in [0.2, 0.25) is 5.91 Å². The van der Waals surface area contributed by atoms with Crippen LogP contribution in [0.2, 0.25) is 0 Å². The van der Waals surface area contributed by atoms with Gasteiger partial charge in [-0.3, -0.25) is 9.89 Å². The number of likely N-dealkylation sites (tertiary alicyclic amines) is 1. The van der Waals surface area contributed by atoms with E-state index in [4.69, 9.17) is 0 Å².